The standard InChI is InChI=1S/C21H24F2N2O5S/c1-14(17-7-5-15(22)12-18(17)23)25-21(26)4-2-9-24-31(27,28)16-6-8-19-20(13-16)30-11-3-10-29-19/h5-8,12-14,24H,2-4,9-11H2,1H3,(H,25,26). The third-order valence-corrected chi connectivity index (χ3v) is 6.17. The van der Waals surface area contributed by atoms with Crippen LogP contribution < -0.4 is 19.5 Å². The monoisotopic (exact) mass is 454 g/mol. The summed E-state index contributed by atoms with van der Waals surface area (Å²) in [5.74, 6) is -0.927. The maximum atomic E-state index is 13.8. The number of fused-ring (bicyclic) bond motifs is 1. The smallest absolute Gasteiger partial charge is 0.240 e. The molecule has 10 heteroatoms. The molecule has 1 atom stereocenters. The lowest BCUT2D eigenvalue weighted by Crippen LogP contribution is -2.29. The minimum absolute atomic E-state index is 0.0385. The fourth-order valence-corrected chi connectivity index (χ4v) is 4.18. The van der Waals surface area contributed by atoms with Gasteiger partial charge in [-0.3, -0.25) is 4.79 Å². The summed E-state index contributed by atoms with van der Waals surface area (Å²) in [5.41, 5.74) is 0.171. The number of ether oxygens (including phenoxy) is 2. The lowest BCUT2D eigenvalue weighted by molar-refractivity contribution is -0.121. The number of halogens is 2. The van der Waals surface area contributed by atoms with Crippen molar-refractivity contribution in [2.45, 2.75) is 37.1 Å². The Morgan fingerprint density at radius 2 is 1.84 bits per heavy atom. The number of nitrogens with one attached hydrogen (secondary N) is 2. The summed E-state index contributed by atoms with van der Waals surface area (Å²) < 4.78 is 65.2. The number of amides is 1. The van der Waals surface area contributed by atoms with Crippen LogP contribution in [-0.4, -0.2) is 34.1 Å². The third kappa shape index (κ3) is 6.14. The van der Waals surface area contributed by atoms with Crippen molar-refractivity contribution in [3.05, 3.63) is 53.6 Å². The van der Waals surface area contributed by atoms with Crippen LogP contribution in [0.5, 0.6) is 11.5 Å². The molecule has 0 fully saturated rings. The van der Waals surface area contributed by atoms with Crippen LogP contribution in [-0.2, 0) is 14.8 Å². The highest BCUT2D eigenvalue weighted by Gasteiger charge is 2.19. The Morgan fingerprint density at radius 1 is 1.10 bits per heavy atom. The van der Waals surface area contributed by atoms with Gasteiger partial charge in [-0.2, -0.15) is 0 Å². The second kappa shape index (κ2) is 10.1. The SMILES string of the molecule is CC(NC(=O)CCCNS(=O)(=O)c1ccc2c(c1)OCCCO2)c1ccc(F)cc1F. The first-order valence-corrected chi connectivity index (χ1v) is 11.4. The van der Waals surface area contributed by atoms with Gasteiger partial charge in [-0.15, -0.1) is 0 Å². The Bertz CT molecular complexity index is 1050. The van der Waals surface area contributed by atoms with Crippen molar-refractivity contribution in [3.8, 4) is 11.5 Å². The highest BCUT2D eigenvalue weighted by molar-refractivity contribution is 7.89. The Kier molecular flexibility index (Phi) is 7.45. The number of carbonyl (C=O) groups excluding carboxylic acids is 1. The molecule has 2 N–H and O–H groups in total. The lowest BCUT2D eigenvalue weighted by Gasteiger charge is -2.15. The van der Waals surface area contributed by atoms with E-state index in [1.807, 2.05) is 0 Å². The van der Waals surface area contributed by atoms with Crippen LogP contribution in [0.25, 0.3) is 0 Å². The summed E-state index contributed by atoms with van der Waals surface area (Å²) in [4.78, 5) is 12.1. The first-order valence-electron chi connectivity index (χ1n) is 9.90. The predicted octanol–water partition coefficient (Wildman–Crippen LogP) is 3.06. The van der Waals surface area contributed by atoms with Crippen molar-refractivity contribution in [3.63, 3.8) is 0 Å². The zero-order valence-electron chi connectivity index (χ0n) is 17.0. The number of carbonyl (C=O) groups is 1. The van der Waals surface area contributed by atoms with Crippen molar-refractivity contribution >= 4 is 15.9 Å². The molecule has 168 valence electrons. The summed E-state index contributed by atoms with van der Waals surface area (Å²) >= 11 is 0. The van der Waals surface area contributed by atoms with Gasteiger partial charge < -0.3 is 14.8 Å². The Hall–Kier alpha value is -2.72. The van der Waals surface area contributed by atoms with E-state index in [0.717, 1.165) is 12.1 Å². The zero-order chi connectivity index (χ0) is 22.4. The summed E-state index contributed by atoms with van der Waals surface area (Å²) in [6.45, 7) is 2.58. The zero-order valence-corrected chi connectivity index (χ0v) is 17.8. The molecular weight excluding hydrogens is 430 g/mol. The molecule has 2 aromatic rings. The molecule has 1 amide bonds. The highest BCUT2D eigenvalue weighted by atomic mass is 32.2. The number of sulfonamides is 1. The van der Waals surface area contributed by atoms with Gasteiger partial charge in [0.1, 0.15) is 11.6 Å². The fraction of sp³-hybridized carbons (Fsp3) is 0.381. The van der Waals surface area contributed by atoms with Crippen LogP contribution in [0.4, 0.5) is 8.78 Å². The summed E-state index contributed by atoms with van der Waals surface area (Å²) in [5, 5.41) is 2.62. The first-order chi connectivity index (χ1) is 14.8. The normalized spacial score (nSPS) is 14.5. The molecule has 1 unspecified atom stereocenters. The van der Waals surface area contributed by atoms with Crippen LogP contribution in [0.3, 0.4) is 0 Å². The van der Waals surface area contributed by atoms with Gasteiger partial charge in [0.15, 0.2) is 11.5 Å². The molecule has 0 bridgehead atoms. The Morgan fingerprint density at radius 3 is 2.58 bits per heavy atom. The summed E-state index contributed by atoms with van der Waals surface area (Å²) in [6.07, 6.45) is 0.995. The highest BCUT2D eigenvalue weighted by Crippen LogP contribution is 2.31. The average Bonchev–Trinajstić information content (AvgIpc) is 2.96. The number of hydrogen-bond donors (Lipinski definition) is 2. The quantitative estimate of drug-likeness (QED) is 0.598. The topological polar surface area (TPSA) is 93.7 Å². The van der Waals surface area contributed by atoms with E-state index in [9.17, 15) is 22.0 Å². The maximum absolute atomic E-state index is 13.8. The number of benzene rings is 2. The van der Waals surface area contributed by atoms with E-state index >= 15 is 0 Å². The minimum Gasteiger partial charge on any atom is -0.490 e. The van der Waals surface area contributed by atoms with Crippen LogP contribution >= 0.6 is 0 Å². The first kappa shape index (κ1) is 23.0. The van der Waals surface area contributed by atoms with Crippen LogP contribution in [0, 0.1) is 11.6 Å². The van der Waals surface area contributed by atoms with Gasteiger partial charge in [0.2, 0.25) is 15.9 Å². The van der Waals surface area contributed by atoms with Crippen molar-refractivity contribution in [2.24, 2.45) is 0 Å². The molecule has 0 saturated heterocycles. The molecule has 0 saturated carbocycles. The molecule has 0 aromatic heterocycles. The van der Waals surface area contributed by atoms with E-state index in [0.29, 0.717) is 31.1 Å². The van der Waals surface area contributed by atoms with E-state index in [1.54, 1.807) is 13.0 Å². The van der Waals surface area contributed by atoms with Crippen molar-refractivity contribution in [1.29, 1.82) is 0 Å². The minimum atomic E-state index is -3.78. The van der Waals surface area contributed by atoms with E-state index in [2.05, 4.69) is 10.0 Å². The van der Waals surface area contributed by atoms with E-state index in [-0.39, 0.29) is 35.8 Å². The molecule has 1 aliphatic rings. The molecule has 1 aliphatic heterocycles. The molecule has 0 spiro atoms. The molecule has 2 aromatic carbocycles. The molecule has 0 radical (unpaired) electrons. The second-order valence-corrected chi connectivity index (χ2v) is 8.88. The molecule has 0 aliphatic carbocycles. The Balaban J connectivity index is 1.48. The molecule has 1 heterocycles. The van der Waals surface area contributed by atoms with Gasteiger partial charge in [-0.05, 0) is 31.5 Å². The second-order valence-electron chi connectivity index (χ2n) is 7.12. The van der Waals surface area contributed by atoms with Crippen LogP contribution in [0.15, 0.2) is 41.3 Å². The number of rotatable bonds is 8. The van der Waals surface area contributed by atoms with E-state index in [1.165, 1.54) is 18.2 Å². The van der Waals surface area contributed by atoms with Crippen molar-refractivity contribution in [1.82, 2.24) is 10.0 Å². The van der Waals surface area contributed by atoms with Gasteiger partial charge >= 0.3 is 0 Å². The van der Waals surface area contributed by atoms with Gasteiger partial charge in [-0.1, -0.05) is 6.07 Å². The lowest BCUT2D eigenvalue weighted by atomic mass is 10.1. The Labute approximate surface area is 179 Å². The van der Waals surface area contributed by atoms with Crippen molar-refractivity contribution in [2.75, 3.05) is 19.8 Å². The molecule has 31 heavy (non-hydrogen) atoms. The van der Waals surface area contributed by atoms with E-state index < -0.39 is 27.7 Å². The average molecular weight is 454 g/mol. The fourth-order valence-electron chi connectivity index (χ4n) is 3.09. The predicted molar refractivity (Wildman–Crippen MR) is 109 cm³/mol. The van der Waals surface area contributed by atoms with E-state index in [4.69, 9.17) is 9.47 Å². The number of hydrogen-bond acceptors (Lipinski definition) is 5. The summed E-state index contributed by atoms with van der Waals surface area (Å²) in [7, 11) is -3.78. The van der Waals surface area contributed by atoms with Crippen LogP contribution in [0.2, 0.25) is 0 Å². The molecular formula is C21H24F2N2O5S. The molecule has 7 nitrogen and oxygen atoms in total. The summed E-state index contributed by atoms with van der Waals surface area (Å²) in [6, 6.07) is 6.90. The van der Waals surface area contributed by atoms with Crippen LogP contribution in [0.1, 0.15) is 37.8 Å². The third-order valence-electron chi connectivity index (χ3n) is 4.71. The van der Waals surface area contributed by atoms with Gasteiger partial charge in [-0.25, -0.2) is 21.9 Å². The van der Waals surface area contributed by atoms with Gasteiger partial charge in [0, 0.05) is 37.1 Å². The largest absolute Gasteiger partial charge is 0.490 e. The van der Waals surface area contributed by atoms with Crippen molar-refractivity contribution < 1.29 is 31.5 Å². The maximum Gasteiger partial charge on any atom is 0.240 e. The van der Waals surface area contributed by atoms with Gasteiger partial charge in [0.25, 0.3) is 0 Å². The molecule has 3 rings (SSSR count). The van der Waals surface area contributed by atoms with Gasteiger partial charge in [0.05, 0.1) is 24.2 Å².